The van der Waals surface area contributed by atoms with Gasteiger partial charge in [-0.05, 0) is 58.4 Å². The Balaban J connectivity index is 2.99. The van der Waals surface area contributed by atoms with Crippen LogP contribution in [0.25, 0.3) is 0 Å². The lowest BCUT2D eigenvalue weighted by molar-refractivity contribution is -0.149. The predicted octanol–water partition coefficient (Wildman–Crippen LogP) is -2.44. The van der Waals surface area contributed by atoms with Crippen molar-refractivity contribution in [1.82, 2.24) is 15.5 Å². The summed E-state index contributed by atoms with van der Waals surface area (Å²) in [6.45, 7) is 2.47. The third kappa shape index (κ3) is 9.61. The molecule has 0 aromatic heterocycles. The van der Waals surface area contributed by atoms with Gasteiger partial charge in [-0.2, -0.15) is 0 Å². The van der Waals surface area contributed by atoms with Gasteiger partial charge in [0.25, 0.3) is 0 Å². The summed E-state index contributed by atoms with van der Waals surface area (Å²) >= 11 is 0. The van der Waals surface area contributed by atoms with Crippen molar-refractivity contribution in [3.05, 3.63) is 0 Å². The number of aliphatic imine (C=N–C) groups is 1. The Morgan fingerprint density at radius 2 is 1.70 bits per heavy atom. The molecule has 0 aliphatic carbocycles. The molecule has 0 aromatic carbocycles. The molecule has 4 unspecified atom stereocenters. The summed E-state index contributed by atoms with van der Waals surface area (Å²) in [7, 11) is 0. The Bertz CT molecular complexity index is 711. The molecule has 0 spiro atoms. The number of nitrogens with one attached hydrogen (secondary N) is 2. The van der Waals surface area contributed by atoms with Gasteiger partial charge in [0.1, 0.15) is 18.1 Å². The molecule has 11 N–H and O–H groups in total. The van der Waals surface area contributed by atoms with Gasteiger partial charge in [0.05, 0.1) is 6.04 Å². The Morgan fingerprint density at radius 1 is 1.06 bits per heavy atom. The van der Waals surface area contributed by atoms with E-state index in [1.165, 1.54) is 11.8 Å². The fourth-order valence-corrected chi connectivity index (χ4v) is 3.59. The van der Waals surface area contributed by atoms with Gasteiger partial charge in [-0.1, -0.05) is 0 Å². The highest BCUT2D eigenvalue weighted by molar-refractivity contribution is 5.94. The van der Waals surface area contributed by atoms with Crippen LogP contribution < -0.4 is 33.6 Å². The highest BCUT2D eigenvalue weighted by atomic mass is 16.4. The molecule has 13 nitrogen and oxygen atoms in total. The first-order valence-corrected chi connectivity index (χ1v) is 11.2. The maximum absolute atomic E-state index is 13.2. The van der Waals surface area contributed by atoms with Crippen LogP contribution >= 0.6 is 0 Å². The minimum Gasteiger partial charge on any atom is -0.480 e. The number of amides is 3. The van der Waals surface area contributed by atoms with E-state index in [0.29, 0.717) is 45.1 Å². The van der Waals surface area contributed by atoms with Gasteiger partial charge in [0, 0.05) is 13.1 Å². The average molecular weight is 471 g/mol. The summed E-state index contributed by atoms with van der Waals surface area (Å²) < 4.78 is 0. The van der Waals surface area contributed by atoms with Crippen molar-refractivity contribution in [3.63, 3.8) is 0 Å². The Hall–Kier alpha value is -2.93. The number of hydrogen-bond acceptors (Lipinski definition) is 7. The van der Waals surface area contributed by atoms with Gasteiger partial charge in [0.15, 0.2) is 5.96 Å². The van der Waals surface area contributed by atoms with E-state index < -0.39 is 47.9 Å². The van der Waals surface area contributed by atoms with E-state index >= 15 is 0 Å². The second-order valence-electron chi connectivity index (χ2n) is 8.17. The van der Waals surface area contributed by atoms with Crippen LogP contribution in [-0.2, 0) is 19.2 Å². The average Bonchev–Trinajstić information content (AvgIpc) is 3.24. The van der Waals surface area contributed by atoms with E-state index in [1.807, 2.05) is 0 Å². The largest absolute Gasteiger partial charge is 0.480 e. The second-order valence-corrected chi connectivity index (χ2v) is 8.17. The smallest absolute Gasteiger partial charge is 0.326 e. The SMILES string of the molecule is CC(N)C(=O)NC(CCCCN)C(=O)NC(CCCN=C(N)N)C(=O)N1CCCC1C(=O)O. The zero-order valence-electron chi connectivity index (χ0n) is 19.2. The molecule has 13 heteroatoms. The quantitative estimate of drug-likeness (QED) is 0.0810. The molecule has 188 valence electrons. The van der Waals surface area contributed by atoms with Crippen molar-refractivity contribution < 1.29 is 24.3 Å². The van der Waals surface area contributed by atoms with Gasteiger partial charge in [-0.3, -0.25) is 19.4 Å². The summed E-state index contributed by atoms with van der Waals surface area (Å²) in [6.07, 6.45) is 3.05. The van der Waals surface area contributed by atoms with Gasteiger partial charge in [-0.15, -0.1) is 0 Å². The van der Waals surface area contributed by atoms with E-state index in [2.05, 4.69) is 15.6 Å². The fraction of sp³-hybridized carbons (Fsp3) is 0.750. The minimum atomic E-state index is -1.09. The third-order valence-electron chi connectivity index (χ3n) is 5.37. The number of rotatable bonds is 14. The summed E-state index contributed by atoms with van der Waals surface area (Å²) in [5.41, 5.74) is 21.8. The lowest BCUT2D eigenvalue weighted by Gasteiger charge is -2.29. The topological polar surface area (TPSA) is 232 Å². The number of hydrogen-bond donors (Lipinski definition) is 7. The molecule has 0 radical (unpaired) electrons. The van der Waals surface area contributed by atoms with Crippen LogP contribution in [0.5, 0.6) is 0 Å². The highest BCUT2D eigenvalue weighted by Crippen LogP contribution is 2.20. The zero-order valence-corrected chi connectivity index (χ0v) is 19.2. The van der Waals surface area contributed by atoms with Crippen molar-refractivity contribution >= 4 is 29.7 Å². The second kappa shape index (κ2) is 14.3. The van der Waals surface area contributed by atoms with Gasteiger partial charge < -0.3 is 43.6 Å². The van der Waals surface area contributed by atoms with Crippen molar-refractivity contribution in [1.29, 1.82) is 0 Å². The lowest BCUT2D eigenvalue weighted by Crippen LogP contribution is -2.57. The number of carboxylic acid groups (broad SMARTS) is 1. The number of guanidine groups is 1. The molecule has 1 fully saturated rings. The molecular formula is C20H38N8O5. The van der Waals surface area contributed by atoms with Crippen molar-refractivity contribution in [2.75, 3.05) is 19.6 Å². The molecule has 33 heavy (non-hydrogen) atoms. The van der Waals surface area contributed by atoms with Crippen LogP contribution in [0.2, 0.25) is 0 Å². The van der Waals surface area contributed by atoms with Crippen LogP contribution in [0.4, 0.5) is 0 Å². The molecule has 4 atom stereocenters. The van der Waals surface area contributed by atoms with Crippen LogP contribution in [0.3, 0.4) is 0 Å². The third-order valence-corrected chi connectivity index (χ3v) is 5.37. The van der Waals surface area contributed by atoms with E-state index in [9.17, 15) is 24.3 Å². The van der Waals surface area contributed by atoms with Gasteiger partial charge >= 0.3 is 5.97 Å². The predicted molar refractivity (Wildman–Crippen MR) is 123 cm³/mol. The number of nitrogens with zero attached hydrogens (tertiary/aromatic N) is 2. The fourth-order valence-electron chi connectivity index (χ4n) is 3.59. The van der Waals surface area contributed by atoms with Crippen molar-refractivity contribution in [3.8, 4) is 0 Å². The molecule has 1 aliphatic rings. The Kier molecular flexibility index (Phi) is 12.1. The summed E-state index contributed by atoms with van der Waals surface area (Å²) in [5.74, 6) is -2.71. The number of carbonyl (C=O) groups excluding carboxylic acids is 3. The van der Waals surface area contributed by atoms with Crippen LogP contribution in [-0.4, -0.2) is 83.5 Å². The zero-order chi connectivity index (χ0) is 25.0. The number of carbonyl (C=O) groups is 4. The molecule has 1 saturated heterocycles. The number of aliphatic carboxylic acids is 1. The highest BCUT2D eigenvalue weighted by Gasteiger charge is 2.38. The first-order chi connectivity index (χ1) is 15.6. The summed E-state index contributed by atoms with van der Waals surface area (Å²) in [6, 6.07) is -3.65. The first-order valence-electron chi connectivity index (χ1n) is 11.2. The molecule has 1 aliphatic heterocycles. The van der Waals surface area contributed by atoms with E-state index in [4.69, 9.17) is 22.9 Å². The Labute approximate surface area is 193 Å². The molecule has 0 bridgehead atoms. The Morgan fingerprint density at radius 3 is 2.27 bits per heavy atom. The number of likely N-dealkylation sites (tertiary alicyclic amines) is 1. The van der Waals surface area contributed by atoms with E-state index in [0.717, 1.165) is 0 Å². The van der Waals surface area contributed by atoms with Crippen LogP contribution in [0.1, 0.15) is 51.9 Å². The van der Waals surface area contributed by atoms with Crippen LogP contribution in [0, 0.1) is 0 Å². The monoisotopic (exact) mass is 470 g/mol. The summed E-state index contributed by atoms with van der Waals surface area (Å²) in [4.78, 5) is 55.0. The lowest BCUT2D eigenvalue weighted by atomic mass is 10.0. The standard InChI is InChI=1S/C20H38N8O5/c1-12(22)16(29)26-13(6-2-3-9-21)17(30)27-14(7-4-10-25-20(23)24)18(31)28-11-5-8-15(28)19(32)33/h12-15H,2-11,21-22H2,1H3,(H,26,29)(H,27,30)(H,32,33)(H4,23,24,25). The normalized spacial score (nSPS) is 18.2. The van der Waals surface area contributed by atoms with Crippen molar-refractivity contribution in [2.24, 2.45) is 27.9 Å². The number of unbranched alkanes of at least 4 members (excludes halogenated alkanes) is 1. The molecule has 0 saturated carbocycles. The number of carboxylic acids is 1. The molecule has 0 aromatic rings. The van der Waals surface area contributed by atoms with Crippen LogP contribution in [0.15, 0.2) is 4.99 Å². The molecule has 1 rings (SSSR count). The first kappa shape index (κ1) is 28.1. The van der Waals surface area contributed by atoms with Gasteiger partial charge in [-0.25, -0.2) is 4.79 Å². The number of nitrogens with two attached hydrogens (primary N) is 4. The van der Waals surface area contributed by atoms with Gasteiger partial charge in [0.2, 0.25) is 17.7 Å². The maximum atomic E-state index is 13.2. The van der Waals surface area contributed by atoms with E-state index in [1.54, 1.807) is 0 Å². The molecule has 1 heterocycles. The maximum Gasteiger partial charge on any atom is 0.326 e. The molecular weight excluding hydrogens is 432 g/mol. The molecule has 3 amide bonds. The summed E-state index contributed by atoms with van der Waals surface area (Å²) in [5, 5.41) is 14.7. The van der Waals surface area contributed by atoms with E-state index in [-0.39, 0.29) is 25.5 Å². The van der Waals surface area contributed by atoms with Crippen molar-refractivity contribution in [2.45, 2.75) is 76.0 Å². The minimum absolute atomic E-state index is 0.0917.